The summed E-state index contributed by atoms with van der Waals surface area (Å²) < 4.78 is 11.7. The van der Waals surface area contributed by atoms with Crippen LogP contribution in [0.1, 0.15) is 31.1 Å². The second kappa shape index (κ2) is 11.3. The molecule has 0 unspecified atom stereocenters. The number of fused-ring (bicyclic) bond motifs is 1. The zero-order valence-electron chi connectivity index (χ0n) is 20.2. The molecule has 1 N–H and O–H groups in total. The Kier molecular flexibility index (Phi) is 9.03. The standard InChI is InChI=1S/C23H36N4O5/c1-15-11-27(22(29)13-25(4)5)16(2)14-32-20-9-8-18(24-17(3)28)10-19(20)23(30)26(6)12-21(15)31-7/h8-10,15-16,21H,11-14H2,1-7H3,(H,24,28)/t15-,16+,21-/m0/s1. The molecule has 32 heavy (non-hydrogen) atoms. The fourth-order valence-corrected chi connectivity index (χ4v) is 3.77. The number of benzene rings is 1. The Morgan fingerprint density at radius 2 is 1.94 bits per heavy atom. The zero-order valence-corrected chi connectivity index (χ0v) is 20.2. The zero-order chi connectivity index (χ0) is 24.0. The van der Waals surface area contributed by atoms with Crippen LogP contribution in [-0.4, -0.2) is 99.1 Å². The van der Waals surface area contributed by atoms with Crippen LogP contribution in [0.4, 0.5) is 5.69 Å². The van der Waals surface area contributed by atoms with E-state index in [0.29, 0.717) is 36.6 Å². The number of carbonyl (C=O) groups excluding carboxylic acids is 3. The lowest BCUT2D eigenvalue weighted by molar-refractivity contribution is -0.136. The van der Waals surface area contributed by atoms with E-state index in [4.69, 9.17) is 9.47 Å². The van der Waals surface area contributed by atoms with E-state index in [-0.39, 0.29) is 42.4 Å². The molecule has 178 valence electrons. The molecule has 0 spiro atoms. The van der Waals surface area contributed by atoms with Gasteiger partial charge in [0.05, 0.1) is 24.3 Å². The minimum atomic E-state index is -0.256. The predicted molar refractivity (Wildman–Crippen MR) is 123 cm³/mol. The van der Waals surface area contributed by atoms with Gasteiger partial charge >= 0.3 is 0 Å². The van der Waals surface area contributed by atoms with Crippen LogP contribution < -0.4 is 10.1 Å². The third-order valence-electron chi connectivity index (χ3n) is 5.54. The summed E-state index contributed by atoms with van der Waals surface area (Å²) in [7, 11) is 7.05. The highest BCUT2D eigenvalue weighted by molar-refractivity contribution is 5.99. The normalized spacial score (nSPS) is 22.5. The molecule has 9 heteroatoms. The number of likely N-dealkylation sites (N-methyl/N-ethyl adjacent to an activating group) is 2. The van der Waals surface area contributed by atoms with E-state index in [1.165, 1.54) is 6.92 Å². The van der Waals surface area contributed by atoms with E-state index in [9.17, 15) is 14.4 Å². The molecular weight excluding hydrogens is 412 g/mol. The highest BCUT2D eigenvalue weighted by atomic mass is 16.5. The number of hydrogen-bond donors (Lipinski definition) is 1. The second-order valence-electron chi connectivity index (χ2n) is 8.77. The van der Waals surface area contributed by atoms with Gasteiger partial charge in [0.1, 0.15) is 12.4 Å². The van der Waals surface area contributed by atoms with Crippen LogP contribution >= 0.6 is 0 Å². The summed E-state index contributed by atoms with van der Waals surface area (Å²) in [5, 5.41) is 2.71. The first-order valence-electron chi connectivity index (χ1n) is 10.8. The van der Waals surface area contributed by atoms with E-state index in [1.54, 1.807) is 37.3 Å². The lowest BCUT2D eigenvalue weighted by Crippen LogP contribution is -2.50. The summed E-state index contributed by atoms with van der Waals surface area (Å²) in [6.45, 7) is 6.74. The van der Waals surface area contributed by atoms with E-state index in [2.05, 4.69) is 5.32 Å². The summed E-state index contributed by atoms with van der Waals surface area (Å²) in [4.78, 5) is 42.9. The Bertz CT molecular complexity index is 829. The van der Waals surface area contributed by atoms with Crippen LogP contribution in [-0.2, 0) is 14.3 Å². The van der Waals surface area contributed by atoms with E-state index in [1.807, 2.05) is 37.7 Å². The Labute approximate surface area is 190 Å². The monoisotopic (exact) mass is 448 g/mol. The number of anilines is 1. The fraction of sp³-hybridized carbons (Fsp3) is 0.609. The Balaban J connectivity index is 2.44. The van der Waals surface area contributed by atoms with Gasteiger partial charge in [-0.15, -0.1) is 0 Å². The molecule has 1 aromatic rings. The van der Waals surface area contributed by atoms with Crippen LogP contribution in [0.5, 0.6) is 5.75 Å². The number of ether oxygens (including phenoxy) is 2. The average molecular weight is 449 g/mol. The van der Waals surface area contributed by atoms with E-state index >= 15 is 0 Å². The maximum Gasteiger partial charge on any atom is 0.257 e. The lowest BCUT2D eigenvalue weighted by Gasteiger charge is -2.36. The van der Waals surface area contributed by atoms with Crippen molar-refractivity contribution >= 4 is 23.4 Å². The van der Waals surface area contributed by atoms with Gasteiger partial charge in [0.2, 0.25) is 11.8 Å². The lowest BCUT2D eigenvalue weighted by atomic mass is 10.0. The van der Waals surface area contributed by atoms with Gasteiger partial charge in [0.25, 0.3) is 5.91 Å². The molecule has 2 rings (SSSR count). The summed E-state index contributed by atoms with van der Waals surface area (Å²) in [6.07, 6.45) is -0.256. The summed E-state index contributed by atoms with van der Waals surface area (Å²) in [5.41, 5.74) is 0.862. The molecule has 0 aliphatic carbocycles. The molecule has 1 aliphatic heterocycles. The van der Waals surface area contributed by atoms with Gasteiger partial charge in [-0.25, -0.2) is 0 Å². The van der Waals surface area contributed by atoms with Crippen molar-refractivity contribution in [3.05, 3.63) is 23.8 Å². The van der Waals surface area contributed by atoms with Gasteiger partial charge in [-0.1, -0.05) is 6.92 Å². The largest absolute Gasteiger partial charge is 0.491 e. The first-order chi connectivity index (χ1) is 15.0. The van der Waals surface area contributed by atoms with E-state index < -0.39 is 0 Å². The van der Waals surface area contributed by atoms with Crippen LogP contribution in [0.3, 0.4) is 0 Å². The van der Waals surface area contributed by atoms with Crippen LogP contribution in [0.15, 0.2) is 18.2 Å². The van der Waals surface area contributed by atoms with Crippen molar-refractivity contribution in [3.8, 4) is 5.75 Å². The molecule has 9 nitrogen and oxygen atoms in total. The first-order valence-corrected chi connectivity index (χ1v) is 10.8. The Hall–Kier alpha value is -2.65. The van der Waals surface area contributed by atoms with Crippen molar-refractivity contribution in [1.29, 1.82) is 0 Å². The number of methoxy groups -OCH3 is 1. The second-order valence-corrected chi connectivity index (χ2v) is 8.77. The van der Waals surface area contributed by atoms with Crippen molar-refractivity contribution in [2.75, 3.05) is 59.8 Å². The molecule has 0 saturated carbocycles. The Morgan fingerprint density at radius 1 is 1.25 bits per heavy atom. The minimum absolute atomic E-state index is 0.00609. The third kappa shape index (κ3) is 6.67. The average Bonchev–Trinajstić information content (AvgIpc) is 2.71. The number of rotatable bonds is 4. The van der Waals surface area contributed by atoms with Gasteiger partial charge in [-0.2, -0.15) is 0 Å². The molecular formula is C23H36N4O5. The third-order valence-corrected chi connectivity index (χ3v) is 5.54. The van der Waals surface area contributed by atoms with Crippen LogP contribution in [0.25, 0.3) is 0 Å². The molecule has 0 bridgehead atoms. The molecule has 0 saturated heterocycles. The number of nitrogens with one attached hydrogen (secondary N) is 1. The molecule has 1 heterocycles. The summed E-state index contributed by atoms with van der Waals surface area (Å²) in [6, 6.07) is 4.77. The highest BCUT2D eigenvalue weighted by Crippen LogP contribution is 2.26. The molecule has 3 atom stereocenters. The quantitative estimate of drug-likeness (QED) is 0.751. The number of amides is 3. The maximum absolute atomic E-state index is 13.2. The van der Waals surface area contributed by atoms with Crippen molar-refractivity contribution in [3.63, 3.8) is 0 Å². The van der Waals surface area contributed by atoms with Gasteiger partial charge in [0.15, 0.2) is 0 Å². The molecule has 0 aromatic heterocycles. The fourth-order valence-electron chi connectivity index (χ4n) is 3.77. The smallest absolute Gasteiger partial charge is 0.257 e. The molecule has 0 radical (unpaired) electrons. The first kappa shape index (κ1) is 25.6. The molecule has 0 fully saturated rings. The van der Waals surface area contributed by atoms with Gasteiger partial charge in [0, 0.05) is 45.8 Å². The minimum Gasteiger partial charge on any atom is -0.491 e. The molecule has 3 amide bonds. The van der Waals surface area contributed by atoms with Crippen molar-refractivity contribution < 1.29 is 23.9 Å². The number of carbonyl (C=O) groups is 3. The SMILES string of the molecule is CO[C@H]1CN(C)C(=O)c2cc(NC(C)=O)ccc2OC[C@@H](C)N(C(=O)CN(C)C)C[C@@H]1C. The van der Waals surface area contributed by atoms with Crippen molar-refractivity contribution in [1.82, 2.24) is 14.7 Å². The summed E-state index contributed by atoms with van der Waals surface area (Å²) >= 11 is 0. The topological polar surface area (TPSA) is 91.4 Å². The number of hydrogen-bond acceptors (Lipinski definition) is 6. The number of nitrogens with zero attached hydrogens (tertiary/aromatic N) is 3. The van der Waals surface area contributed by atoms with Crippen LogP contribution in [0, 0.1) is 5.92 Å². The van der Waals surface area contributed by atoms with E-state index in [0.717, 1.165) is 0 Å². The van der Waals surface area contributed by atoms with Crippen LogP contribution in [0.2, 0.25) is 0 Å². The van der Waals surface area contributed by atoms with Gasteiger partial charge in [-0.05, 0) is 39.2 Å². The highest BCUT2D eigenvalue weighted by Gasteiger charge is 2.30. The molecule has 1 aromatic carbocycles. The maximum atomic E-state index is 13.2. The predicted octanol–water partition coefficient (Wildman–Crippen LogP) is 1.54. The van der Waals surface area contributed by atoms with Crippen molar-refractivity contribution in [2.24, 2.45) is 5.92 Å². The Morgan fingerprint density at radius 3 is 2.53 bits per heavy atom. The van der Waals surface area contributed by atoms with Gasteiger partial charge in [-0.3, -0.25) is 14.4 Å². The summed E-state index contributed by atoms with van der Waals surface area (Å²) in [5.74, 6) is -0.0404. The van der Waals surface area contributed by atoms with Crippen molar-refractivity contribution in [2.45, 2.75) is 32.9 Å². The van der Waals surface area contributed by atoms with Gasteiger partial charge < -0.3 is 29.5 Å². The molecule has 1 aliphatic rings.